The Morgan fingerprint density at radius 3 is 2.95 bits per heavy atom. The summed E-state index contributed by atoms with van der Waals surface area (Å²) in [7, 11) is -2.02. The van der Waals surface area contributed by atoms with E-state index < -0.39 is 10.0 Å². The molecule has 0 radical (unpaired) electrons. The molecule has 0 atom stereocenters. The molecule has 19 heavy (non-hydrogen) atoms. The van der Waals surface area contributed by atoms with E-state index in [4.69, 9.17) is 11.6 Å². The van der Waals surface area contributed by atoms with Crippen LogP contribution in [0.1, 0.15) is 5.69 Å². The van der Waals surface area contributed by atoms with Crippen molar-refractivity contribution in [3.05, 3.63) is 29.0 Å². The standard InChI is InChI=1S/C10H13ClN4O2S2/c1-14(5-9-7-18-8-12-9)19(16,17)10-4-13-15(6-10)3-2-11/h4,6-8H,2-3,5H2,1H3. The van der Waals surface area contributed by atoms with E-state index in [1.165, 1.54) is 39.8 Å². The molecule has 0 aromatic carbocycles. The van der Waals surface area contributed by atoms with Crippen LogP contribution in [0.4, 0.5) is 0 Å². The second-order valence-electron chi connectivity index (χ2n) is 3.87. The van der Waals surface area contributed by atoms with Gasteiger partial charge in [0.2, 0.25) is 10.0 Å². The summed E-state index contributed by atoms with van der Waals surface area (Å²) >= 11 is 7.02. The summed E-state index contributed by atoms with van der Waals surface area (Å²) in [5.41, 5.74) is 2.40. The maximum atomic E-state index is 12.3. The molecule has 0 aliphatic heterocycles. The van der Waals surface area contributed by atoms with Crippen LogP contribution in [0.2, 0.25) is 0 Å². The highest BCUT2D eigenvalue weighted by Gasteiger charge is 2.23. The third kappa shape index (κ3) is 3.33. The van der Waals surface area contributed by atoms with Crippen molar-refractivity contribution in [1.82, 2.24) is 19.1 Å². The summed E-state index contributed by atoms with van der Waals surface area (Å²) in [6, 6.07) is 0. The fourth-order valence-corrected chi connectivity index (χ4v) is 3.32. The number of aryl methyl sites for hydroxylation is 1. The summed E-state index contributed by atoms with van der Waals surface area (Å²) in [6.45, 7) is 0.722. The van der Waals surface area contributed by atoms with Crippen LogP contribution in [-0.4, -0.2) is 40.4 Å². The van der Waals surface area contributed by atoms with Gasteiger partial charge in [0.1, 0.15) is 4.90 Å². The molecule has 0 fully saturated rings. The van der Waals surface area contributed by atoms with Crippen molar-refractivity contribution in [2.45, 2.75) is 18.0 Å². The van der Waals surface area contributed by atoms with Crippen molar-refractivity contribution in [3.8, 4) is 0 Å². The number of sulfonamides is 1. The van der Waals surface area contributed by atoms with Gasteiger partial charge in [0.15, 0.2) is 0 Å². The molecule has 2 aromatic rings. The summed E-state index contributed by atoms with van der Waals surface area (Å²) < 4.78 is 27.3. The molecular weight excluding hydrogens is 308 g/mol. The minimum Gasteiger partial charge on any atom is -0.270 e. The largest absolute Gasteiger partial charge is 0.270 e. The van der Waals surface area contributed by atoms with Gasteiger partial charge in [-0.2, -0.15) is 9.40 Å². The fraction of sp³-hybridized carbons (Fsp3) is 0.400. The van der Waals surface area contributed by atoms with Crippen molar-refractivity contribution >= 4 is 33.0 Å². The normalized spacial score (nSPS) is 12.2. The zero-order valence-corrected chi connectivity index (χ0v) is 12.6. The lowest BCUT2D eigenvalue weighted by Gasteiger charge is -2.14. The molecule has 9 heteroatoms. The van der Waals surface area contributed by atoms with Crippen LogP contribution >= 0.6 is 22.9 Å². The topological polar surface area (TPSA) is 68.1 Å². The smallest absolute Gasteiger partial charge is 0.246 e. The highest BCUT2D eigenvalue weighted by Crippen LogP contribution is 2.16. The monoisotopic (exact) mass is 320 g/mol. The van der Waals surface area contributed by atoms with E-state index in [2.05, 4.69) is 10.1 Å². The first-order valence-corrected chi connectivity index (χ1v) is 8.37. The first-order chi connectivity index (χ1) is 9.04. The van der Waals surface area contributed by atoms with Crippen molar-refractivity contribution in [2.24, 2.45) is 0 Å². The van der Waals surface area contributed by atoms with Crippen LogP contribution in [0.3, 0.4) is 0 Å². The maximum absolute atomic E-state index is 12.3. The molecule has 0 aliphatic rings. The third-order valence-corrected chi connectivity index (χ3v) is 5.06. The van der Waals surface area contributed by atoms with Crippen molar-refractivity contribution < 1.29 is 8.42 Å². The highest BCUT2D eigenvalue weighted by molar-refractivity contribution is 7.89. The van der Waals surface area contributed by atoms with Gasteiger partial charge in [0.05, 0.1) is 30.5 Å². The van der Waals surface area contributed by atoms with Crippen molar-refractivity contribution in [3.63, 3.8) is 0 Å². The van der Waals surface area contributed by atoms with Gasteiger partial charge in [-0.15, -0.1) is 22.9 Å². The van der Waals surface area contributed by atoms with E-state index in [1.807, 2.05) is 5.38 Å². The molecule has 2 heterocycles. The summed E-state index contributed by atoms with van der Waals surface area (Å²) in [4.78, 5) is 4.23. The van der Waals surface area contributed by atoms with Crippen molar-refractivity contribution in [1.29, 1.82) is 0 Å². The number of hydrogen-bond acceptors (Lipinski definition) is 5. The molecule has 0 spiro atoms. The zero-order valence-electron chi connectivity index (χ0n) is 10.2. The van der Waals surface area contributed by atoms with Crippen LogP contribution in [0.5, 0.6) is 0 Å². The molecule has 2 aromatic heterocycles. The van der Waals surface area contributed by atoms with E-state index in [0.29, 0.717) is 12.4 Å². The highest BCUT2D eigenvalue weighted by atomic mass is 35.5. The van der Waals surface area contributed by atoms with Gasteiger partial charge in [-0.05, 0) is 0 Å². The van der Waals surface area contributed by atoms with E-state index in [-0.39, 0.29) is 11.4 Å². The van der Waals surface area contributed by atoms with Crippen LogP contribution in [0, 0.1) is 0 Å². The molecule has 0 saturated carbocycles. The average Bonchev–Trinajstić information content (AvgIpc) is 3.00. The molecule has 104 valence electrons. The Labute approximate surface area is 120 Å². The Bertz CT molecular complexity index is 624. The molecule has 2 rings (SSSR count). The quantitative estimate of drug-likeness (QED) is 0.754. The Morgan fingerprint density at radius 2 is 2.32 bits per heavy atom. The zero-order chi connectivity index (χ0) is 13.9. The lowest BCUT2D eigenvalue weighted by molar-refractivity contribution is 0.463. The predicted molar refractivity (Wildman–Crippen MR) is 73.7 cm³/mol. The number of rotatable bonds is 6. The second-order valence-corrected chi connectivity index (χ2v) is 7.01. The summed E-state index contributed by atoms with van der Waals surface area (Å²) in [6.07, 6.45) is 2.81. The number of alkyl halides is 1. The molecule has 0 bridgehead atoms. The first kappa shape index (κ1) is 14.4. The van der Waals surface area contributed by atoms with E-state index >= 15 is 0 Å². The Kier molecular flexibility index (Phi) is 4.56. The SMILES string of the molecule is CN(Cc1cscn1)S(=O)(=O)c1cnn(CCCl)c1. The van der Waals surface area contributed by atoms with Crippen LogP contribution in [0.25, 0.3) is 0 Å². The molecule has 0 amide bonds. The van der Waals surface area contributed by atoms with Crippen LogP contribution in [-0.2, 0) is 23.1 Å². The number of thiazole rings is 1. The van der Waals surface area contributed by atoms with Gasteiger partial charge >= 0.3 is 0 Å². The minimum atomic E-state index is -3.54. The second kappa shape index (κ2) is 6.00. The van der Waals surface area contributed by atoms with Gasteiger partial charge in [-0.3, -0.25) is 4.68 Å². The number of halogens is 1. The van der Waals surface area contributed by atoms with E-state index in [1.54, 1.807) is 5.51 Å². The van der Waals surface area contributed by atoms with Gasteiger partial charge in [-0.1, -0.05) is 0 Å². The predicted octanol–water partition coefficient (Wildman–Crippen LogP) is 1.40. The molecule has 0 saturated heterocycles. The Morgan fingerprint density at radius 1 is 1.53 bits per heavy atom. The first-order valence-electron chi connectivity index (χ1n) is 5.46. The van der Waals surface area contributed by atoms with Crippen molar-refractivity contribution in [2.75, 3.05) is 12.9 Å². The molecule has 0 aliphatic carbocycles. The van der Waals surface area contributed by atoms with Gasteiger partial charge in [0.25, 0.3) is 0 Å². The lowest BCUT2D eigenvalue weighted by atomic mass is 10.5. The van der Waals surface area contributed by atoms with Gasteiger partial charge in [-0.25, -0.2) is 13.4 Å². The number of nitrogens with zero attached hydrogens (tertiary/aromatic N) is 4. The van der Waals surface area contributed by atoms with Gasteiger partial charge < -0.3 is 0 Å². The average molecular weight is 321 g/mol. The summed E-state index contributed by atoms with van der Waals surface area (Å²) in [5.74, 6) is 0.385. The minimum absolute atomic E-state index is 0.162. The van der Waals surface area contributed by atoms with Gasteiger partial charge in [0, 0.05) is 24.5 Å². The number of hydrogen-bond donors (Lipinski definition) is 0. The molecule has 6 nitrogen and oxygen atoms in total. The maximum Gasteiger partial charge on any atom is 0.246 e. The fourth-order valence-electron chi connectivity index (χ4n) is 1.50. The van der Waals surface area contributed by atoms with Crippen LogP contribution < -0.4 is 0 Å². The molecule has 0 N–H and O–H groups in total. The summed E-state index contributed by atoms with van der Waals surface area (Å²) in [5, 5.41) is 5.79. The van der Waals surface area contributed by atoms with E-state index in [9.17, 15) is 8.42 Å². The Balaban J connectivity index is 2.16. The third-order valence-electron chi connectivity index (χ3n) is 2.50. The van der Waals surface area contributed by atoms with E-state index in [0.717, 1.165) is 5.69 Å². The molecule has 0 unspecified atom stereocenters. The Hall–Kier alpha value is -0.960. The van der Waals surface area contributed by atoms with Crippen LogP contribution in [0.15, 0.2) is 28.2 Å². The number of aromatic nitrogens is 3. The molecular formula is C10H13ClN4O2S2. The lowest BCUT2D eigenvalue weighted by Crippen LogP contribution is -2.26.